The lowest BCUT2D eigenvalue weighted by molar-refractivity contribution is 0.0663. The Bertz CT molecular complexity index is 516. The van der Waals surface area contributed by atoms with Crippen LogP contribution in [0.15, 0.2) is 0 Å². The largest absolute Gasteiger partial charge is 0.335 e. The van der Waals surface area contributed by atoms with Gasteiger partial charge in [0.2, 0.25) is 0 Å². The molecule has 0 aliphatic carbocycles. The molecule has 1 aromatic rings. The van der Waals surface area contributed by atoms with Gasteiger partial charge in [-0.1, -0.05) is 4.49 Å². The Morgan fingerprint density at radius 1 is 1.50 bits per heavy atom. The van der Waals surface area contributed by atoms with Crippen LogP contribution in [0.25, 0.3) is 0 Å². The minimum Gasteiger partial charge on any atom is -0.335 e. The molecule has 1 saturated heterocycles. The van der Waals surface area contributed by atoms with Gasteiger partial charge in [0.05, 0.1) is 10.9 Å². The lowest BCUT2D eigenvalue weighted by Gasteiger charge is -2.37. The molecule has 1 fully saturated rings. The predicted octanol–water partition coefficient (Wildman–Crippen LogP) is -0.284. The monoisotopic (exact) mass is 261 g/mol. The maximum Gasteiger partial charge on any atom is 0.267 e. The highest BCUT2D eigenvalue weighted by Crippen LogP contribution is 2.20. The number of hydrogen-bond donors (Lipinski definition) is 0. The molecule has 0 aromatic carbocycles. The van der Waals surface area contributed by atoms with Gasteiger partial charge in [-0.15, -0.1) is 5.10 Å². The number of rotatable bonds is 2. The first-order valence-corrected chi connectivity index (χ1v) is 7.39. The molecule has 8 heteroatoms. The van der Waals surface area contributed by atoms with Gasteiger partial charge < -0.3 is 4.90 Å². The summed E-state index contributed by atoms with van der Waals surface area (Å²) in [7, 11) is -3.03. The topological polar surface area (TPSA) is 80.2 Å². The van der Waals surface area contributed by atoms with Gasteiger partial charge in [0.1, 0.15) is 4.88 Å². The van der Waals surface area contributed by atoms with Crippen LogP contribution in [0.5, 0.6) is 0 Å². The Morgan fingerprint density at radius 3 is 2.56 bits per heavy atom. The van der Waals surface area contributed by atoms with Gasteiger partial charge in [0.15, 0.2) is 9.84 Å². The van der Waals surface area contributed by atoms with Crippen LogP contribution in [-0.4, -0.2) is 53.4 Å². The lowest BCUT2D eigenvalue weighted by Crippen LogP contribution is -2.56. The molecule has 1 aliphatic rings. The first kappa shape index (κ1) is 11.5. The number of hydrogen-bond acceptors (Lipinski definition) is 6. The Morgan fingerprint density at radius 2 is 2.12 bits per heavy atom. The predicted molar refractivity (Wildman–Crippen MR) is 59.2 cm³/mol. The van der Waals surface area contributed by atoms with Crippen molar-refractivity contribution in [2.75, 3.05) is 19.3 Å². The van der Waals surface area contributed by atoms with Gasteiger partial charge in [-0.05, 0) is 18.5 Å². The van der Waals surface area contributed by atoms with Crippen molar-refractivity contribution >= 4 is 27.3 Å². The van der Waals surface area contributed by atoms with Crippen molar-refractivity contribution in [2.24, 2.45) is 0 Å². The third-order valence-electron chi connectivity index (χ3n) is 2.59. The average molecular weight is 261 g/mol. The van der Waals surface area contributed by atoms with Crippen LogP contribution in [0, 0.1) is 6.92 Å². The molecule has 0 atom stereocenters. The Labute approximate surface area is 97.4 Å². The zero-order valence-electron chi connectivity index (χ0n) is 8.87. The van der Waals surface area contributed by atoms with Crippen molar-refractivity contribution in [3.63, 3.8) is 0 Å². The number of amides is 1. The second kappa shape index (κ2) is 3.77. The molecule has 1 amide bonds. The van der Waals surface area contributed by atoms with Gasteiger partial charge in [-0.25, -0.2) is 8.42 Å². The van der Waals surface area contributed by atoms with Crippen molar-refractivity contribution in [3.05, 3.63) is 10.6 Å². The number of carbonyl (C=O) groups excluding carboxylic acids is 1. The van der Waals surface area contributed by atoms with E-state index < -0.39 is 15.1 Å². The third-order valence-corrected chi connectivity index (χ3v) is 4.91. The SMILES string of the molecule is Cc1nnsc1C(=O)N1CC(S(C)(=O)=O)C1. The molecule has 16 heavy (non-hydrogen) atoms. The molecule has 2 rings (SSSR count). The van der Waals surface area contributed by atoms with E-state index in [0.29, 0.717) is 10.6 Å². The number of nitrogens with zero attached hydrogens (tertiary/aromatic N) is 3. The molecular weight excluding hydrogens is 250 g/mol. The highest BCUT2D eigenvalue weighted by molar-refractivity contribution is 7.91. The van der Waals surface area contributed by atoms with Crippen molar-refractivity contribution in [3.8, 4) is 0 Å². The number of likely N-dealkylation sites (tertiary alicyclic amines) is 1. The summed E-state index contributed by atoms with van der Waals surface area (Å²) in [6, 6.07) is 0. The van der Waals surface area contributed by atoms with Crippen LogP contribution < -0.4 is 0 Å². The van der Waals surface area contributed by atoms with E-state index in [9.17, 15) is 13.2 Å². The zero-order chi connectivity index (χ0) is 11.9. The number of carbonyl (C=O) groups is 1. The molecule has 0 saturated carbocycles. The highest BCUT2D eigenvalue weighted by Gasteiger charge is 2.38. The first-order chi connectivity index (χ1) is 7.39. The Hall–Kier alpha value is -1.02. The molecule has 88 valence electrons. The molecule has 0 radical (unpaired) electrons. The Balaban J connectivity index is 2.04. The van der Waals surface area contributed by atoms with Gasteiger partial charge in [0, 0.05) is 19.3 Å². The van der Waals surface area contributed by atoms with E-state index >= 15 is 0 Å². The molecule has 6 nitrogen and oxygen atoms in total. The minimum atomic E-state index is -3.03. The summed E-state index contributed by atoms with van der Waals surface area (Å²) in [4.78, 5) is 13.8. The summed E-state index contributed by atoms with van der Waals surface area (Å²) in [5, 5.41) is 3.33. The third kappa shape index (κ3) is 1.94. The normalized spacial score (nSPS) is 17.2. The maximum absolute atomic E-state index is 11.8. The van der Waals surface area contributed by atoms with E-state index in [-0.39, 0.29) is 19.0 Å². The summed E-state index contributed by atoms with van der Waals surface area (Å²) in [5.41, 5.74) is 0.595. The van der Waals surface area contributed by atoms with Crippen LogP contribution in [-0.2, 0) is 9.84 Å². The van der Waals surface area contributed by atoms with Crippen LogP contribution >= 0.6 is 11.5 Å². The summed E-state index contributed by atoms with van der Waals surface area (Å²) in [6.45, 7) is 2.26. The summed E-state index contributed by atoms with van der Waals surface area (Å²) in [5.74, 6) is -0.174. The van der Waals surface area contributed by atoms with Crippen molar-refractivity contribution in [1.29, 1.82) is 0 Å². The summed E-state index contributed by atoms with van der Waals surface area (Å²) < 4.78 is 26.0. The first-order valence-electron chi connectivity index (χ1n) is 4.66. The van der Waals surface area contributed by atoms with Crippen molar-refractivity contribution in [1.82, 2.24) is 14.5 Å². The molecule has 1 aliphatic heterocycles. The van der Waals surface area contributed by atoms with Crippen LogP contribution in [0.4, 0.5) is 0 Å². The number of sulfone groups is 1. The van der Waals surface area contributed by atoms with Crippen LogP contribution in [0.1, 0.15) is 15.4 Å². The van der Waals surface area contributed by atoms with E-state index in [1.54, 1.807) is 6.92 Å². The Kier molecular flexibility index (Phi) is 2.70. The second-order valence-electron chi connectivity index (χ2n) is 3.85. The second-order valence-corrected chi connectivity index (χ2v) is 6.93. The van der Waals surface area contributed by atoms with Gasteiger partial charge in [0.25, 0.3) is 5.91 Å². The van der Waals surface area contributed by atoms with Gasteiger partial charge in [-0.2, -0.15) is 0 Å². The van der Waals surface area contributed by atoms with E-state index in [1.807, 2.05) is 0 Å². The average Bonchev–Trinajstić information content (AvgIpc) is 2.45. The lowest BCUT2D eigenvalue weighted by atomic mass is 10.2. The molecule has 1 aromatic heterocycles. The molecule has 0 N–H and O–H groups in total. The van der Waals surface area contributed by atoms with Crippen LogP contribution in [0.3, 0.4) is 0 Å². The standard InChI is InChI=1S/C8H11N3O3S2/c1-5-7(15-10-9-5)8(12)11-3-6(4-11)16(2,13)14/h6H,3-4H2,1-2H3. The van der Waals surface area contributed by atoms with Gasteiger partial charge >= 0.3 is 0 Å². The zero-order valence-corrected chi connectivity index (χ0v) is 10.5. The van der Waals surface area contributed by atoms with Crippen molar-refractivity contribution in [2.45, 2.75) is 12.2 Å². The van der Waals surface area contributed by atoms with E-state index in [2.05, 4.69) is 9.59 Å². The van der Waals surface area contributed by atoms with Crippen molar-refractivity contribution < 1.29 is 13.2 Å². The van der Waals surface area contributed by atoms with Gasteiger partial charge in [-0.3, -0.25) is 4.79 Å². The smallest absolute Gasteiger partial charge is 0.267 e. The minimum absolute atomic E-state index is 0.174. The number of aryl methyl sites for hydroxylation is 1. The molecule has 0 bridgehead atoms. The molecule has 2 heterocycles. The fourth-order valence-electron chi connectivity index (χ4n) is 1.45. The van der Waals surface area contributed by atoms with E-state index in [1.165, 1.54) is 11.2 Å². The summed E-state index contributed by atoms with van der Waals surface area (Å²) in [6.07, 6.45) is 1.19. The van der Waals surface area contributed by atoms with Crippen LogP contribution in [0.2, 0.25) is 0 Å². The summed E-state index contributed by atoms with van der Waals surface area (Å²) >= 11 is 1.04. The quantitative estimate of drug-likeness (QED) is 0.731. The highest BCUT2D eigenvalue weighted by atomic mass is 32.2. The fraction of sp³-hybridized carbons (Fsp3) is 0.625. The van der Waals surface area contributed by atoms with E-state index in [0.717, 1.165) is 11.5 Å². The van der Waals surface area contributed by atoms with E-state index in [4.69, 9.17) is 0 Å². The molecule has 0 unspecified atom stereocenters. The fourth-order valence-corrected chi connectivity index (χ4v) is 2.97. The molecule has 0 spiro atoms. The molecular formula is C8H11N3O3S2. The maximum atomic E-state index is 11.8. The number of aromatic nitrogens is 2.